The predicted molar refractivity (Wildman–Crippen MR) is 101 cm³/mol. The van der Waals surface area contributed by atoms with E-state index in [1.807, 2.05) is 6.92 Å². The van der Waals surface area contributed by atoms with Gasteiger partial charge in [0, 0.05) is 11.6 Å². The zero-order valence-corrected chi connectivity index (χ0v) is 15.9. The van der Waals surface area contributed by atoms with Crippen molar-refractivity contribution in [1.82, 2.24) is 0 Å². The van der Waals surface area contributed by atoms with Crippen LogP contribution >= 0.6 is 23.2 Å². The number of carbonyl (C=O) groups is 1. The second-order valence-electron chi connectivity index (χ2n) is 6.01. The van der Waals surface area contributed by atoms with Gasteiger partial charge in [0.1, 0.15) is 0 Å². The van der Waals surface area contributed by atoms with E-state index < -0.39 is 10.0 Å². The smallest absolute Gasteiger partial charge is 0.255 e. The van der Waals surface area contributed by atoms with E-state index in [9.17, 15) is 13.2 Å². The number of nitrogens with one attached hydrogen (secondary N) is 1. The molecular formula is C17H16Cl2N2O3S. The lowest BCUT2D eigenvalue weighted by Crippen LogP contribution is -2.34. The van der Waals surface area contributed by atoms with Crippen LogP contribution in [0.1, 0.15) is 22.8 Å². The summed E-state index contributed by atoms with van der Waals surface area (Å²) < 4.78 is 25.3. The fourth-order valence-electron chi connectivity index (χ4n) is 3.04. The average molecular weight is 399 g/mol. The van der Waals surface area contributed by atoms with E-state index in [-0.39, 0.29) is 17.0 Å². The number of benzene rings is 2. The highest BCUT2D eigenvalue weighted by Gasteiger charge is 2.32. The maximum Gasteiger partial charge on any atom is 0.255 e. The number of carbonyl (C=O) groups excluding carboxylic acids is 1. The summed E-state index contributed by atoms with van der Waals surface area (Å²) in [5.41, 5.74) is 2.29. The van der Waals surface area contributed by atoms with Crippen LogP contribution in [0.25, 0.3) is 0 Å². The van der Waals surface area contributed by atoms with Crippen LogP contribution < -0.4 is 9.62 Å². The van der Waals surface area contributed by atoms with Gasteiger partial charge in [-0.2, -0.15) is 0 Å². The summed E-state index contributed by atoms with van der Waals surface area (Å²) in [5.74, 6) is -0.336. The molecule has 2 aromatic rings. The van der Waals surface area contributed by atoms with E-state index in [1.165, 1.54) is 10.6 Å². The van der Waals surface area contributed by atoms with Gasteiger partial charge in [0.15, 0.2) is 0 Å². The van der Waals surface area contributed by atoms with Crippen molar-refractivity contribution in [2.75, 3.05) is 15.9 Å². The summed E-state index contributed by atoms with van der Waals surface area (Å²) in [5, 5.41) is 3.35. The molecule has 132 valence electrons. The number of fused-ring (bicyclic) bond motifs is 1. The molecule has 1 amide bonds. The Bertz CT molecular complexity index is 960. The third kappa shape index (κ3) is 3.47. The molecule has 5 nitrogen and oxygen atoms in total. The quantitative estimate of drug-likeness (QED) is 0.850. The minimum Gasteiger partial charge on any atom is -0.321 e. The summed E-state index contributed by atoms with van der Waals surface area (Å²) in [6.45, 7) is 1.84. The zero-order valence-electron chi connectivity index (χ0n) is 13.6. The molecule has 0 saturated heterocycles. The van der Waals surface area contributed by atoms with E-state index in [0.29, 0.717) is 28.4 Å². The van der Waals surface area contributed by atoms with Crippen LogP contribution in [-0.4, -0.2) is 26.6 Å². The Morgan fingerprint density at radius 3 is 2.64 bits per heavy atom. The molecule has 0 spiro atoms. The Hall–Kier alpha value is -1.76. The molecule has 25 heavy (non-hydrogen) atoms. The number of halogens is 2. The molecule has 1 heterocycles. The van der Waals surface area contributed by atoms with Crippen molar-refractivity contribution in [1.29, 1.82) is 0 Å². The minimum absolute atomic E-state index is 0.175. The summed E-state index contributed by atoms with van der Waals surface area (Å²) in [6.07, 6.45) is 1.74. The average Bonchev–Trinajstić information content (AvgIpc) is 2.86. The minimum atomic E-state index is -3.36. The summed E-state index contributed by atoms with van der Waals surface area (Å²) in [4.78, 5) is 12.5. The first-order valence-corrected chi connectivity index (χ1v) is 10.2. The highest BCUT2D eigenvalue weighted by molar-refractivity contribution is 7.92. The molecule has 0 aromatic heterocycles. The van der Waals surface area contributed by atoms with Crippen molar-refractivity contribution in [3.8, 4) is 0 Å². The van der Waals surface area contributed by atoms with Gasteiger partial charge in [0.05, 0.1) is 27.7 Å². The van der Waals surface area contributed by atoms with Crippen LogP contribution in [0.15, 0.2) is 36.4 Å². The molecule has 1 N–H and O–H groups in total. The van der Waals surface area contributed by atoms with Gasteiger partial charge >= 0.3 is 0 Å². The highest BCUT2D eigenvalue weighted by atomic mass is 35.5. The molecule has 2 aromatic carbocycles. The molecule has 3 rings (SSSR count). The van der Waals surface area contributed by atoms with Crippen molar-refractivity contribution >= 4 is 50.5 Å². The molecule has 0 bridgehead atoms. The first kappa shape index (κ1) is 18.0. The Balaban J connectivity index is 1.90. The normalized spacial score (nSPS) is 16.6. The third-order valence-corrected chi connectivity index (χ3v) is 6.14. The van der Waals surface area contributed by atoms with Crippen LogP contribution in [0.4, 0.5) is 11.4 Å². The first-order chi connectivity index (χ1) is 11.7. The summed E-state index contributed by atoms with van der Waals surface area (Å²) in [6, 6.07) is 9.79. The van der Waals surface area contributed by atoms with Crippen LogP contribution in [-0.2, 0) is 16.4 Å². The van der Waals surface area contributed by atoms with Gasteiger partial charge in [-0.25, -0.2) is 8.42 Å². The van der Waals surface area contributed by atoms with Gasteiger partial charge in [-0.15, -0.1) is 0 Å². The largest absolute Gasteiger partial charge is 0.321 e. The molecule has 1 unspecified atom stereocenters. The summed E-state index contributed by atoms with van der Waals surface area (Å²) >= 11 is 12.0. The Morgan fingerprint density at radius 2 is 1.96 bits per heavy atom. The van der Waals surface area contributed by atoms with Gasteiger partial charge in [-0.3, -0.25) is 9.10 Å². The van der Waals surface area contributed by atoms with Gasteiger partial charge in [-0.05, 0) is 49.2 Å². The molecule has 0 saturated carbocycles. The van der Waals surface area contributed by atoms with Gasteiger partial charge in [0.25, 0.3) is 5.91 Å². The Morgan fingerprint density at radius 1 is 1.24 bits per heavy atom. The van der Waals surface area contributed by atoms with Gasteiger partial charge in [-0.1, -0.05) is 29.3 Å². The predicted octanol–water partition coefficient (Wildman–Crippen LogP) is 3.96. The second-order valence-corrected chi connectivity index (χ2v) is 8.66. The third-order valence-electron chi connectivity index (χ3n) is 4.05. The van der Waals surface area contributed by atoms with Crippen LogP contribution in [0.5, 0.6) is 0 Å². The van der Waals surface area contributed by atoms with E-state index in [2.05, 4.69) is 5.32 Å². The maximum absolute atomic E-state index is 12.5. The van der Waals surface area contributed by atoms with E-state index in [0.717, 1.165) is 5.56 Å². The fraction of sp³-hybridized carbons (Fsp3) is 0.235. The molecular weight excluding hydrogens is 383 g/mol. The number of sulfonamides is 1. The SMILES string of the molecule is CC1Cc2cc(C(=O)Nc3cccc(Cl)c3Cl)ccc2N1S(C)(=O)=O. The maximum atomic E-state index is 12.5. The lowest BCUT2D eigenvalue weighted by molar-refractivity contribution is 0.102. The van der Waals surface area contributed by atoms with Crippen molar-refractivity contribution in [2.24, 2.45) is 0 Å². The van der Waals surface area contributed by atoms with Crippen molar-refractivity contribution < 1.29 is 13.2 Å². The number of amides is 1. The molecule has 1 aliphatic heterocycles. The standard InChI is InChI=1S/C17H16Cl2N2O3S/c1-10-8-12-9-11(6-7-15(12)21(10)25(2,23)24)17(22)20-14-5-3-4-13(18)16(14)19/h3-7,9-10H,8H2,1-2H3,(H,20,22). The number of hydrogen-bond acceptors (Lipinski definition) is 3. The Kier molecular flexibility index (Phi) is 4.70. The number of rotatable bonds is 3. The molecule has 1 aliphatic rings. The van der Waals surface area contributed by atoms with Gasteiger partial charge in [0.2, 0.25) is 10.0 Å². The topological polar surface area (TPSA) is 66.5 Å². The second kappa shape index (κ2) is 6.52. The van der Waals surface area contributed by atoms with Gasteiger partial charge < -0.3 is 5.32 Å². The lowest BCUT2D eigenvalue weighted by Gasteiger charge is -2.21. The summed E-state index contributed by atoms with van der Waals surface area (Å²) in [7, 11) is -3.36. The van der Waals surface area contributed by atoms with Crippen molar-refractivity contribution in [3.63, 3.8) is 0 Å². The van der Waals surface area contributed by atoms with Crippen molar-refractivity contribution in [2.45, 2.75) is 19.4 Å². The van der Waals surface area contributed by atoms with E-state index in [1.54, 1.807) is 36.4 Å². The first-order valence-electron chi connectivity index (χ1n) is 7.56. The highest BCUT2D eigenvalue weighted by Crippen LogP contribution is 2.35. The zero-order chi connectivity index (χ0) is 18.4. The molecule has 0 aliphatic carbocycles. The molecule has 0 fully saturated rings. The van der Waals surface area contributed by atoms with E-state index >= 15 is 0 Å². The number of nitrogens with zero attached hydrogens (tertiary/aromatic N) is 1. The number of anilines is 2. The van der Waals surface area contributed by atoms with Crippen molar-refractivity contribution in [3.05, 3.63) is 57.6 Å². The molecule has 8 heteroatoms. The van der Waals surface area contributed by atoms with E-state index in [4.69, 9.17) is 23.2 Å². The monoisotopic (exact) mass is 398 g/mol. The van der Waals surface area contributed by atoms with Crippen LogP contribution in [0.3, 0.4) is 0 Å². The lowest BCUT2D eigenvalue weighted by atomic mass is 10.1. The fourth-order valence-corrected chi connectivity index (χ4v) is 4.66. The Labute approximate surface area is 156 Å². The molecule has 0 radical (unpaired) electrons. The molecule has 1 atom stereocenters. The number of hydrogen-bond donors (Lipinski definition) is 1. The van der Waals surface area contributed by atoms with Crippen LogP contribution in [0, 0.1) is 0 Å². The van der Waals surface area contributed by atoms with Crippen LogP contribution in [0.2, 0.25) is 10.0 Å².